The van der Waals surface area contributed by atoms with Crippen molar-refractivity contribution in [3.8, 4) is 0 Å². The molecule has 1 aromatic carbocycles. The molecule has 0 unspecified atom stereocenters. The highest BCUT2D eigenvalue weighted by molar-refractivity contribution is 9.10. The van der Waals surface area contributed by atoms with E-state index in [1.54, 1.807) is 11.0 Å². The maximum atomic E-state index is 12.3. The van der Waals surface area contributed by atoms with Gasteiger partial charge in [0.05, 0.1) is 6.10 Å². The lowest BCUT2D eigenvalue weighted by Gasteiger charge is -2.28. The molecule has 4 nitrogen and oxygen atoms in total. The van der Waals surface area contributed by atoms with Gasteiger partial charge in [-0.15, -0.1) is 0 Å². The summed E-state index contributed by atoms with van der Waals surface area (Å²) in [6.45, 7) is 1.17. The van der Waals surface area contributed by atoms with Crippen molar-refractivity contribution in [2.24, 2.45) is 0 Å². The molecule has 1 N–H and O–H groups in total. The zero-order valence-electron chi connectivity index (χ0n) is 10.3. The first-order chi connectivity index (χ1) is 9.13. The fourth-order valence-electron chi connectivity index (χ4n) is 2.34. The van der Waals surface area contributed by atoms with Crippen LogP contribution in [0.3, 0.4) is 0 Å². The van der Waals surface area contributed by atoms with Gasteiger partial charge in [0, 0.05) is 22.9 Å². The van der Waals surface area contributed by atoms with Crippen molar-refractivity contribution in [2.45, 2.75) is 18.9 Å². The minimum Gasteiger partial charge on any atom is -0.451 e. The summed E-state index contributed by atoms with van der Waals surface area (Å²) in [6.07, 6.45) is 0.991. The van der Waals surface area contributed by atoms with Crippen LogP contribution in [0.15, 0.2) is 33.2 Å². The van der Waals surface area contributed by atoms with Crippen molar-refractivity contribution in [3.05, 3.63) is 34.5 Å². The molecular formula is C14H14BrNO3. The van der Waals surface area contributed by atoms with Gasteiger partial charge in [-0.25, -0.2) is 0 Å². The molecule has 1 aliphatic rings. The number of hydrogen-bond acceptors (Lipinski definition) is 3. The van der Waals surface area contributed by atoms with Crippen LogP contribution in [0.4, 0.5) is 0 Å². The lowest BCUT2D eigenvalue weighted by molar-refractivity contribution is 0.0522. The minimum atomic E-state index is -0.282. The number of aliphatic hydroxyl groups excluding tert-OH is 1. The lowest BCUT2D eigenvalue weighted by Crippen LogP contribution is -2.39. The number of aliphatic hydroxyl groups is 1. The lowest BCUT2D eigenvalue weighted by atomic mass is 10.1. The average molecular weight is 324 g/mol. The van der Waals surface area contributed by atoms with Crippen molar-refractivity contribution in [3.63, 3.8) is 0 Å². The summed E-state index contributed by atoms with van der Waals surface area (Å²) in [5.41, 5.74) is 0.703. The van der Waals surface area contributed by atoms with Crippen molar-refractivity contribution in [2.75, 3.05) is 13.1 Å². The van der Waals surface area contributed by atoms with E-state index in [1.165, 1.54) is 0 Å². The molecule has 0 bridgehead atoms. The van der Waals surface area contributed by atoms with E-state index >= 15 is 0 Å². The van der Waals surface area contributed by atoms with E-state index in [-0.39, 0.29) is 12.0 Å². The Labute approximate surface area is 119 Å². The molecular weight excluding hydrogens is 310 g/mol. The molecule has 3 rings (SSSR count). The summed E-state index contributed by atoms with van der Waals surface area (Å²) in [5.74, 6) is 0.267. The van der Waals surface area contributed by atoms with Gasteiger partial charge in [0.15, 0.2) is 5.76 Å². The zero-order valence-corrected chi connectivity index (χ0v) is 11.9. The Morgan fingerprint density at radius 1 is 1.32 bits per heavy atom. The first-order valence-corrected chi connectivity index (χ1v) is 7.09. The number of rotatable bonds is 1. The number of furan rings is 1. The molecule has 19 heavy (non-hydrogen) atoms. The van der Waals surface area contributed by atoms with Crippen LogP contribution in [0.25, 0.3) is 11.0 Å². The second kappa shape index (κ2) is 4.98. The van der Waals surface area contributed by atoms with E-state index in [2.05, 4.69) is 15.9 Å². The monoisotopic (exact) mass is 323 g/mol. The van der Waals surface area contributed by atoms with Crippen molar-refractivity contribution < 1.29 is 14.3 Å². The van der Waals surface area contributed by atoms with Gasteiger partial charge >= 0.3 is 0 Å². The van der Waals surface area contributed by atoms with E-state index in [9.17, 15) is 9.90 Å². The van der Waals surface area contributed by atoms with Gasteiger partial charge in [-0.2, -0.15) is 0 Å². The first-order valence-electron chi connectivity index (χ1n) is 6.30. The van der Waals surface area contributed by atoms with Gasteiger partial charge in [-0.05, 0) is 37.1 Å². The molecule has 2 aromatic rings. The van der Waals surface area contributed by atoms with Gasteiger partial charge in [0.25, 0.3) is 5.91 Å². The standard InChI is InChI=1S/C14H14BrNO3/c15-10-2-1-9-7-13(19-12(9)8-10)14(18)16-5-3-11(17)4-6-16/h1-2,7-8,11,17H,3-6H2. The Kier molecular flexibility index (Phi) is 3.33. The maximum Gasteiger partial charge on any atom is 0.289 e. The Morgan fingerprint density at radius 2 is 2.05 bits per heavy atom. The number of halogens is 1. The van der Waals surface area contributed by atoms with Gasteiger partial charge in [0.2, 0.25) is 0 Å². The number of amides is 1. The van der Waals surface area contributed by atoms with Crippen LogP contribution in [-0.2, 0) is 0 Å². The largest absolute Gasteiger partial charge is 0.451 e. The van der Waals surface area contributed by atoms with Crippen molar-refractivity contribution in [1.82, 2.24) is 4.90 Å². The first kappa shape index (κ1) is 12.7. The second-order valence-electron chi connectivity index (χ2n) is 4.82. The number of hydrogen-bond donors (Lipinski definition) is 1. The maximum absolute atomic E-state index is 12.3. The zero-order chi connectivity index (χ0) is 13.4. The van der Waals surface area contributed by atoms with Crippen LogP contribution in [0.2, 0.25) is 0 Å². The third-order valence-electron chi connectivity index (χ3n) is 3.44. The second-order valence-corrected chi connectivity index (χ2v) is 5.73. The van der Waals surface area contributed by atoms with Gasteiger partial charge in [0.1, 0.15) is 5.58 Å². The summed E-state index contributed by atoms with van der Waals surface area (Å²) in [5, 5.41) is 10.4. The fourth-order valence-corrected chi connectivity index (χ4v) is 2.68. The highest BCUT2D eigenvalue weighted by Gasteiger charge is 2.24. The highest BCUT2D eigenvalue weighted by Crippen LogP contribution is 2.24. The van der Waals surface area contributed by atoms with Crippen LogP contribution in [0.1, 0.15) is 23.4 Å². The molecule has 1 fully saturated rings. The van der Waals surface area contributed by atoms with Crippen LogP contribution in [0, 0.1) is 0 Å². The van der Waals surface area contributed by atoms with Crippen molar-refractivity contribution in [1.29, 1.82) is 0 Å². The topological polar surface area (TPSA) is 53.7 Å². The highest BCUT2D eigenvalue weighted by atomic mass is 79.9. The van der Waals surface area contributed by atoms with E-state index in [4.69, 9.17) is 4.42 Å². The van der Waals surface area contributed by atoms with Gasteiger partial charge in [-0.1, -0.05) is 15.9 Å². The van der Waals surface area contributed by atoms with Crippen LogP contribution < -0.4 is 0 Å². The Hall–Kier alpha value is -1.33. The quantitative estimate of drug-likeness (QED) is 0.878. The summed E-state index contributed by atoms with van der Waals surface area (Å²) in [4.78, 5) is 14.0. The summed E-state index contributed by atoms with van der Waals surface area (Å²) in [6, 6.07) is 7.46. The predicted molar refractivity (Wildman–Crippen MR) is 75.1 cm³/mol. The average Bonchev–Trinajstić information content (AvgIpc) is 2.81. The molecule has 0 radical (unpaired) electrons. The van der Waals surface area contributed by atoms with Crippen LogP contribution in [0.5, 0.6) is 0 Å². The molecule has 2 heterocycles. The number of carbonyl (C=O) groups excluding carboxylic acids is 1. The molecule has 100 valence electrons. The SMILES string of the molecule is O=C(c1cc2ccc(Br)cc2o1)N1CCC(O)CC1. The molecule has 1 amide bonds. The summed E-state index contributed by atoms with van der Waals surface area (Å²) in [7, 11) is 0. The molecule has 0 spiro atoms. The third-order valence-corrected chi connectivity index (χ3v) is 3.94. The molecule has 5 heteroatoms. The van der Waals surface area contributed by atoms with E-state index in [0.29, 0.717) is 37.3 Å². The molecule has 0 saturated carbocycles. The Balaban J connectivity index is 1.85. The number of piperidine rings is 1. The number of nitrogens with zero attached hydrogens (tertiary/aromatic N) is 1. The molecule has 0 aliphatic carbocycles. The van der Waals surface area contributed by atoms with Crippen LogP contribution >= 0.6 is 15.9 Å². The molecule has 1 aliphatic heterocycles. The van der Waals surface area contributed by atoms with E-state index in [1.807, 2.05) is 18.2 Å². The molecule has 1 saturated heterocycles. The van der Waals surface area contributed by atoms with Gasteiger partial charge in [-0.3, -0.25) is 4.79 Å². The smallest absolute Gasteiger partial charge is 0.289 e. The molecule has 1 aromatic heterocycles. The van der Waals surface area contributed by atoms with E-state index in [0.717, 1.165) is 9.86 Å². The minimum absolute atomic E-state index is 0.0979. The van der Waals surface area contributed by atoms with Crippen molar-refractivity contribution >= 4 is 32.8 Å². The number of likely N-dealkylation sites (tertiary alicyclic amines) is 1. The molecule has 0 atom stereocenters. The third kappa shape index (κ3) is 2.53. The fraction of sp³-hybridized carbons (Fsp3) is 0.357. The van der Waals surface area contributed by atoms with E-state index < -0.39 is 0 Å². The number of fused-ring (bicyclic) bond motifs is 1. The predicted octanol–water partition coefficient (Wildman–Crippen LogP) is 2.79. The number of benzene rings is 1. The summed E-state index contributed by atoms with van der Waals surface area (Å²) >= 11 is 3.38. The van der Waals surface area contributed by atoms with Crippen LogP contribution in [-0.4, -0.2) is 35.1 Å². The summed E-state index contributed by atoms with van der Waals surface area (Å²) < 4.78 is 6.53. The number of carbonyl (C=O) groups is 1. The Bertz CT molecular complexity index is 614. The normalized spacial score (nSPS) is 17.1. The Morgan fingerprint density at radius 3 is 2.79 bits per heavy atom. The van der Waals surface area contributed by atoms with Gasteiger partial charge < -0.3 is 14.4 Å².